The Hall–Kier alpha value is -3.07. The van der Waals surface area contributed by atoms with Gasteiger partial charge >= 0.3 is 0 Å². The highest BCUT2D eigenvalue weighted by molar-refractivity contribution is 7.92. The number of carbonyl (C=O) groups is 2. The van der Waals surface area contributed by atoms with E-state index in [2.05, 4.69) is 5.32 Å². The maximum absolute atomic E-state index is 14.0. The van der Waals surface area contributed by atoms with Crippen molar-refractivity contribution in [1.29, 1.82) is 0 Å². The van der Waals surface area contributed by atoms with Gasteiger partial charge in [0.1, 0.15) is 6.04 Å². The van der Waals surface area contributed by atoms with E-state index in [9.17, 15) is 18.0 Å². The summed E-state index contributed by atoms with van der Waals surface area (Å²) in [4.78, 5) is 29.2. The summed E-state index contributed by atoms with van der Waals surface area (Å²) in [6, 6.07) is 19.5. The first kappa shape index (κ1) is 34.4. The summed E-state index contributed by atoms with van der Waals surface area (Å²) in [5.74, 6) is -0.518. The van der Waals surface area contributed by atoms with Crippen LogP contribution >= 0.6 is 23.2 Å². The van der Waals surface area contributed by atoms with Crippen LogP contribution in [0.25, 0.3) is 0 Å². The zero-order chi connectivity index (χ0) is 31.6. The van der Waals surface area contributed by atoms with Crippen LogP contribution in [0.5, 0.6) is 0 Å². The van der Waals surface area contributed by atoms with Gasteiger partial charge in [0.15, 0.2) is 0 Å². The highest BCUT2D eigenvalue weighted by atomic mass is 35.5. The number of halogens is 2. The van der Waals surface area contributed by atoms with Gasteiger partial charge in [-0.05, 0) is 67.1 Å². The lowest BCUT2D eigenvalue weighted by molar-refractivity contribution is -0.141. The van der Waals surface area contributed by atoms with Gasteiger partial charge in [-0.3, -0.25) is 13.9 Å². The van der Waals surface area contributed by atoms with Crippen LogP contribution in [-0.2, 0) is 32.6 Å². The first-order valence-electron chi connectivity index (χ1n) is 14.5. The van der Waals surface area contributed by atoms with Gasteiger partial charge in [-0.2, -0.15) is 0 Å². The summed E-state index contributed by atoms with van der Waals surface area (Å²) in [6.07, 6.45) is 3.52. The van der Waals surface area contributed by atoms with Gasteiger partial charge in [-0.25, -0.2) is 8.42 Å². The standard InChI is InChI=1S/C33H41Cl2N3O4S/c1-5-6-18-36-33(40)31(21-26-11-8-7-9-12-26)37(23-27-16-17-28(34)22-29(27)35)32(39)13-10-19-38(43(4,41)42)30-20-24(2)14-15-25(30)3/h7-9,11-12,14-17,20,22,31H,5-6,10,13,18-19,21,23H2,1-4H3,(H,36,40)/t31-/m1/s1. The topological polar surface area (TPSA) is 86.8 Å². The number of sulfonamides is 1. The van der Waals surface area contributed by atoms with Crippen molar-refractivity contribution in [3.05, 3.63) is 99.0 Å². The molecule has 3 aromatic carbocycles. The molecule has 0 saturated carbocycles. The molecule has 1 N–H and O–H groups in total. The lowest BCUT2D eigenvalue weighted by Crippen LogP contribution is -2.50. The van der Waals surface area contributed by atoms with E-state index in [1.807, 2.05) is 69.3 Å². The second-order valence-electron chi connectivity index (χ2n) is 10.8. The lowest BCUT2D eigenvalue weighted by Gasteiger charge is -2.32. The molecule has 232 valence electrons. The molecule has 0 bridgehead atoms. The van der Waals surface area contributed by atoms with E-state index in [1.165, 1.54) is 10.6 Å². The maximum atomic E-state index is 14.0. The van der Waals surface area contributed by atoms with Crippen LogP contribution in [0.15, 0.2) is 66.7 Å². The Bertz CT molecular complexity index is 1500. The molecule has 2 amide bonds. The summed E-state index contributed by atoms with van der Waals surface area (Å²) < 4.78 is 26.9. The minimum absolute atomic E-state index is 0.0373. The normalized spacial score (nSPS) is 12.0. The van der Waals surface area contributed by atoms with E-state index in [-0.39, 0.29) is 37.7 Å². The van der Waals surface area contributed by atoms with E-state index in [0.717, 1.165) is 29.5 Å². The Morgan fingerprint density at radius 1 is 0.953 bits per heavy atom. The number of unbranched alkanes of at least 4 members (excludes halogenated alkanes) is 1. The Morgan fingerprint density at radius 2 is 1.67 bits per heavy atom. The van der Waals surface area contributed by atoms with Crippen LogP contribution in [-0.4, -0.2) is 50.5 Å². The Morgan fingerprint density at radius 3 is 2.33 bits per heavy atom. The molecule has 10 heteroatoms. The van der Waals surface area contributed by atoms with Gasteiger partial charge in [0.05, 0.1) is 11.9 Å². The van der Waals surface area contributed by atoms with E-state index < -0.39 is 16.1 Å². The first-order chi connectivity index (χ1) is 20.4. The Balaban J connectivity index is 1.92. The number of nitrogens with one attached hydrogen (secondary N) is 1. The molecular weight excluding hydrogens is 605 g/mol. The molecule has 0 saturated heterocycles. The zero-order valence-electron chi connectivity index (χ0n) is 25.3. The third-order valence-electron chi connectivity index (χ3n) is 7.24. The number of aryl methyl sites for hydroxylation is 2. The molecule has 0 fully saturated rings. The number of amides is 2. The second kappa shape index (κ2) is 16.1. The monoisotopic (exact) mass is 645 g/mol. The molecule has 0 radical (unpaired) electrons. The highest BCUT2D eigenvalue weighted by Gasteiger charge is 2.31. The molecule has 3 rings (SSSR count). The molecule has 43 heavy (non-hydrogen) atoms. The average molecular weight is 647 g/mol. The minimum atomic E-state index is -3.60. The molecule has 0 aliphatic heterocycles. The summed E-state index contributed by atoms with van der Waals surface area (Å²) >= 11 is 12.7. The Labute approximate surface area is 266 Å². The predicted molar refractivity (Wildman–Crippen MR) is 176 cm³/mol. The molecule has 0 spiro atoms. The first-order valence-corrected chi connectivity index (χ1v) is 17.1. The zero-order valence-corrected chi connectivity index (χ0v) is 27.6. The van der Waals surface area contributed by atoms with Crippen LogP contribution in [0.2, 0.25) is 10.0 Å². The number of hydrogen-bond acceptors (Lipinski definition) is 4. The summed E-state index contributed by atoms with van der Waals surface area (Å²) in [6.45, 7) is 6.54. The minimum Gasteiger partial charge on any atom is -0.354 e. The summed E-state index contributed by atoms with van der Waals surface area (Å²) in [5, 5.41) is 3.87. The quantitative estimate of drug-likeness (QED) is 0.186. The van der Waals surface area contributed by atoms with Crippen LogP contribution in [0.4, 0.5) is 5.69 Å². The van der Waals surface area contributed by atoms with Crippen molar-refractivity contribution in [2.45, 2.75) is 65.5 Å². The van der Waals surface area contributed by atoms with E-state index in [1.54, 1.807) is 23.1 Å². The number of anilines is 1. The van der Waals surface area contributed by atoms with Crippen LogP contribution in [0, 0.1) is 13.8 Å². The van der Waals surface area contributed by atoms with Crippen LogP contribution in [0.3, 0.4) is 0 Å². The van der Waals surface area contributed by atoms with Crippen molar-refractivity contribution in [3.63, 3.8) is 0 Å². The fraction of sp³-hybridized carbons (Fsp3) is 0.394. The Kier molecular flexibility index (Phi) is 12.9. The number of benzene rings is 3. The van der Waals surface area contributed by atoms with Gasteiger partial charge in [0.2, 0.25) is 21.8 Å². The number of hydrogen-bond donors (Lipinski definition) is 1. The van der Waals surface area contributed by atoms with Gasteiger partial charge in [-0.15, -0.1) is 0 Å². The van der Waals surface area contributed by atoms with E-state index >= 15 is 0 Å². The molecule has 1 atom stereocenters. The maximum Gasteiger partial charge on any atom is 0.243 e. The fourth-order valence-corrected chi connectivity index (χ4v) is 6.35. The summed E-state index contributed by atoms with van der Waals surface area (Å²) in [7, 11) is -3.60. The van der Waals surface area contributed by atoms with Gasteiger partial charge in [0.25, 0.3) is 0 Å². The lowest BCUT2D eigenvalue weighted by atomic mass is 10.0. The molecule has 0 aromatic heterocycles. The predicted octanol–water partition coefficient (Wildman–Crippen LogP) is 6.71. The third kappa shape index (κ3) is 10.3. The van der Waals surface area contributed by atoms with Crippen molar-refractivity contribution in [1.82, 2.24) is 10.2 Å². The third-order valence-corrected chi connectivity index (χ3v) is 9.01. The molecule has 7 nitrogen and oxygen atoms in total. The van der Waals surface area contributed by atoms with Gasteiger partial charge in [0, 0.05) is 42.5 Å². The van der Waals surface area contributed by atoms with Crippen molar-refractivity contribution >= 4 is 50.7 Å². The molecule has 3 aromatic rings. The van der Waals surface area contributed by atoms with Crippen molar-refractivity contribution in [2.24, 2.45) is 0 Å². The van der Waals surface area contributed by atoms with Crippen molar-refractivity contribution in [3.8, 4) is 0 Å². The largest absolute Gasteiger partial charge is 0.354 e. The molecule has 0 unspecified atom stereocenters. The second-order valence-corrected chi connectivity index (χ2v) is 13.6. The fourth-order valence-electron chi connectivity index (χ4n) is 4.86. The van der Waals surface area contributed by atoms with E-state index in [0.29, 0.717) is 34.3 Å². The molecule has 0 aliphatic carbocycles. The smallest absolute Gasteiger partial charge is 0.243 e. The number of rotatable bonds is 15. The number of nitrogens with zero attached hydrogens (tertiary/aromatic N) is 2. The SMILES string of the molecule is CCCCNC(=O)[C@@H](Cc1ccccc1)N(Cc1ccc(Cl)cc1Cl)C(=O)CCCN(c1cc(C)ccc1C)S(C)(=O)=O. The van der Waals surface area contributed by atoms with Crippen molar-refractivity contribution in [2.75, 3.05) is 23.7 Å². The van der Waals surface area contributed by atoms with Crippen LogP contribution in [0.1, 0.15) is 54.9 Å². The number of carbonyl (C=O) groups excluding carboxylic acids is 2. The van der Waals surface area contributed by atoms with Crippen LogP contribution < -0.4 is 9.62 Å². The molecular formula is C33H41Cl2N3O4S. The average Bonchev–Trinajstić information content (AvgIpc) is 2.95. The highest BCUT2D eigenvalue weighted by Crippen LogP contribution is 2.26. The molecule has 0 heterocycles. The van der Waals surface area contributed by atoms with Crippen molar-refractivity contribution < 1.29 is 18.0 Å². The molecule has 0 aliphatic rings. The van der Waals surface area contributed by atoms with Gasteiger partial charge in [-0.1, -0.05) is 85.1 Å². The van der Waals surface area contributed by atoms with E-state index in [4.69, 9.17) is 23.2 Å². The van der Waals surface area contributed by atoms with Gasteiger partial charge < -0.3 is 10.2 Å². The summed E-state index contributed by atoms with van der Waals surface area (Å²) in [5.41, 5.74) is 3.93.